The summed E-state index contributed by atoms with van der Waals surface area (Å²) in [5, 5.41) is 10.9. The predicted octanol–water partition coefficient (Wildman–Crippen LogP) is 5.49. The average Bonchev–Trinajstić information content (AvgIpc) is 2.77. The second kappa shape index (κ2) is 12.3. The first-order valence-corrected chi connectivity index (χ1v) is 10.7. The fourth-order valence-electron chi connectivity index (χ4n) is 2.73. The molecule has 1 amide bonds. The van der Waals surface area contributed by atoms with Gasteiger partial charge in [0.15, 0.2) is 5.78 Å². The molecule has 0 radical (unpaired) electrons. The highest BCUT2D eigenvalue weighted by molar-refractivity contribution is 6.35. The highest BCUT2D eigenvalue weighted by Crippen LogP contribution is 2.39. The van der Waals surface area contributed by atoms with Crippen LogP contribution in [0.5, 0.6) is 23.0 Å². The van der Waals surface area contributed by atoms with Crippen LogP contribution in [-0.4, -0.2) is 45.2 Å². The van der Waals surface area contributed by atoms with Crippen LogP contribution >= 0.6 is 23.2 Å². The van der Waals surface area contributed by atoms with E-state index in [1.165, 1.54) is 33.3 Å². The molecular weight excluding hydrogens is 473 g/mol. The maximum Gasteiger partial charge on any atom is 0.258 e. The Hall–Kier alpha value is -3.04. The molecule has 11 heteroatoms. The third-order valence-electron chi connectivity index (χ3n) is 4.25. The number of carbonyl (C=O) groups excluding carboxylic acids is 2. The van der Waals surface area contributed by atoms with Crippen molar-refractivity contribution in [3.63, 3.8) is 0 Å². The van der Waals surface area contributed by atoms with Gasteiger partial charge in [-0.25, -0.2) is 0 Å². The molecule has 0 spiro atoms. The second-order valence-corrected chi connectivity index (χ2v) is 7.31. The molecular formula is C22H25Cl2N3O6. The Balaban J connectivity index is 2.37. The summed E-state index contributed by atoms with van der Waals surface area (Å²) in [4.78, 5) is 25.0. The molecule has 0 heterocycles. The number of rotatable bonds is 11. The number of ketones is 1. The highest BCUT2D eigenvalue weighted by Gasteiger charge is 2.26. The van der Waals surface area contributed by atoms with Crippen molar-refractivity contribution in [1.29, 1.82) is 0 Å². The minimum Gasteiger partial charge on any atom is -0.497 e. The molecule has 0 aliphatic rings. The monoisotopic (exact) mass is 497 g/mol. The Kier molecular flexibility index (Phi) is 9.74. The number of carbonyl (C=O) groups is 2. The Bertz CT molecular complexity index is 1050. The van der Waals surface area contributed by atoms with E-state index in [1.807, 2.05) is 6.92 Å². The van der Waals surface area contributed by atoms with Crippen LogP contribution in [-0.2, 0) is 9.59 Å². The van der Waals surface area contributed by atoms with Gasteiger partial charge in [-0.05, 0) is 20.8 Å². The summed E-state index contributed by atoms with van der Waals surface area (Å²) >= 11 is 12.6. The first-order chi connectivity index (χ1) is 15.7. The van der Waals surface area contributed by atoms with Crippen LogP contribution in [0.15, 0.2) is 34.5 Å². The van der Waals surface area contributed by atoms with Gasteiger partial charge in [0, 0.05) is 24.3 Å². The van der Waals surface area contributed by atoms with Gasteiger partial charge >= 0.3 is 0 Å². The van der Waals surface area contributed by atoms with E-state index in [4.69, 9.17) is 42.1 Å². The first kappa shape index (κ1) is 26.2. The number of benzene rings is 2. The molecule has 178 valence electrons. The van der Waals surface area contributed by atoms with Gasteiger partial charge in [-0.1, -0.05) is 23.2 Å². The molecule has 0 fully saturated rings. The zero-order valence-electron chi connectivity index (χ0n) is 18.9. The van der Waals surface area contributed by atoms with Gasteiger partial charge in [-0.2, -0.15) is 10.2 Å². The number of amides is 1. The quantitative estimate of drug-likeness (QED) is 0.324. The molecule has 9 nitrogen and oxygen atoms in total. The number of Topliss-reactive ketones (excluding diaryl/α,β-unsaturated/α-hetero) is 1. The SMILES string of the molecule is CCOc1cc(N=NC(C(C)=O)C(=O)Nc2c(Cl)cc(OC)cc2OC)c(Cl)c(OCC)c1. The Morgan fingerprint density at radius 3 is 2.21 bits per heavy atom. The van der Waals surface area contributed by atoms with E-state index in [1.54, 1.807) is 19.1 Å². The number of azo groups is 1. The zero-order chi connectivity index (χ0) is 24.5. The largest absolute Gasteiger partial charge is 0.497 e. The van der Waals surface area contributed by atoms with Gasteiger partial charge in [-0.3, -0.25) is 9.59 Å². The van der Waals surface area contributed by atoms with E-state index < -0.39 is 17.7 Å². The number of ether oxygens (including phenoxy) is 4. The van der Waals surface area contributed by atoms with Crippen molar-refractivity contribution in [2.24, 2.45) is 10.2 Å². The lowest BCUT2D eigenvalue weighted by Crippen LogP contribution is -2.32. The summed E-state index contributed by atoms with van der Waals surface area (Å²) in [6.07, 6.45) is 0. The van der Waals surface area contributed by atoms with Gasteiger partial charge in [0.05, 0.1) is 32.5 Å². The Labute approximate surface area is 202 Å². The van der Waals surface area contributed by atoms with E-state index >= 15 is 0 Å². The standard InChI is InChI=1S/C22H25Cl2N3O6/c1-6-32-14-9-16(19(24)17(11-14)33-7-2)26-27-20(12(3)28)22(29)25-21-15(23)8-13(30-4)10-18(21)31-5/h8-11,20H,6-7H2,1-5H3,(H,25,29). The summed E-state index contributed by atoms with van der Waals surface area (Å²) < 4.78 is 21.4. The summed E-state index contributed by atoms with van der Waals surface area (Å²) in [6, 6.07) is 4.74. The fraction of sp³-hybridized carbons (Fsp3) is 0.364. The number of halogens is 2. The fourth-order valence-corrected chi connectivity index (χ4v) is 3.18. The molecule has 2 aromatic rings. The third-order valence-corrected chi connectivity index (χ3v) is 4.93. The average molecular weight is 498 g/mol. The van der Waals surface area contributed by atoms with E-state index in [9.17, 15) is 9.59 Å². The van der Waals surface area contributed by atoms with Crippen molar-refractivity contribution in [1.82, 2.24) is 0 Å². The van der Waals surface area contributed by atoms with Crippen molar-refractivity contribution < 1.29 is 28.5 Å². The van der Waals surface area contributed by atoms with Crippen molar-refractivity contribution in [2.45, 2.75) is 26.8 Å². The van der Waals surface area contributed by atoms with Gasteiger partial charge in [0.1, 0.15) is 39.4 Å². The molecule has 33 heavy (non-hydrogen) atoms. The van der Waals surface area contributed by atoms with Crippen molar-refractivity contribution in [2.75, 3.05) is 32.8 Å². The minimum atomic E-state index is -1.46. The number of nitrogens with one attached hydrogen (secondary N) is 1. The first-order valence-electron chi connectivity index (χ1n) is 9.98. The molecule has 0 aromatic heterocycles. The molecule has 0 aliphatic carbocycles. The van der Waals surface area contributed by atoms with Crippen LogP contribution in [0.1, 0.15) is 20.8 Å². The molecule has 2 rings (SSSR count). The molecule has 1 unspecified atom stereocenters. The molecule has 2 aromatic carbocycles. The van der Waals surface area contributed by atoms with Gasteiger partial charge in [0.2, 0.25) is 6.04 Å². The number of hydrogen-bond acceptors (Lipinski definition) is 8. The molecule has 0 saturated heterocycles. The van der Waals surface area contributed by atoms with Gasteiger partial charge < -0.3 is 24.3 Å². The molecule has 1 atom stereocenters. The zero-order valence-corrected chi connectivity index (χ0v) is 20.4. The van der Waals surface area contributed by atoms with Crippen LogP contribution in [0, 0.1) is 0 Å². The van der Waals surface area contributed by atoms with Crippen LogP contribution in [0.2, 0.25) is 10.0 Å². The van der Waals surface area contributed by atoms with E-state index in [0.29, 0.717) is 30.5 Å². The summed E-state index contributed by atoms with van der Waals surface area (Å²) in [5.41, 5.74) is 0.353. The van der Waals surface area contributed by atoms with Crippen LogP contribution < -0.4 is 24.3 Å². The smallest absolute Gasteiger partial charge is 0.258 e. The molecule has 0 aliphatic heterocycles. The minimum absolute atomic E-state index is 0.160. The third kappa shape index (κ3) is 6.72. The number of anilines is 1. The second-order valence-electron chi connectivity index (χ2n) is 6.52. The summed E-state index contributed by atoms with van der Waals surface area (Å²) in [7, 11) is 2.88. The van der Waals surface area contributed by atoms with Crippen LogP contribution in [0.25, 0.3) is 0 Å². The molecule has 1 N–H and O–H groups in total. The van der Waals surface area contributed by atoms with Crippen LogP contribution in [0.3, 0.4) is 0 Å². The summed E-state index contributed by atoms with van der Waals surface area (Å²) in [6.45, 7) is 5.63. The summed E-state index contributed by atoms with van der Waals surface area (Å²) in [5.74, 6) is 0.198. The number of nitrogens with zero attached hydrogens (tertiary/aromatic N) is 2. The number of methoxy groups -OCH3 is 2. The van der Waals surface area contributed by atoms with Crippen LogP contribution in [0.4, 0.5) is 11.4 Å². The Morgan fingerprint density at radius 2 is 1.64 bits per heavy atom. The lowest BCUT2D eigenvalue weighted by atomic mass is 10.2. The lowest BCUT2D eigenvalue weighted by molar-refractivity contribution is -0.126. The van der Waals surface area contributed by atoms with Gasteiger partial charge in [-0.15, -0.1) is 0 Å². The van der Waals surface area contributed by atoms with Crippen molar-refractivity contribution in [3.05, 3.63) is 34.3 Å². The van der Waals surface area contributed by atoms with Gasteiger partial charge in [0.25, 0.3) is 5.91 Å². The van der Waals surface area contributed by atoms with E-state index in [2.05, 4.69) is 15.5 Å². The van der Waals surface area contributed by atoms with Crippen molar-refractivity contribution in [3.8, 4) is 23.0 Å². The molecule has 0 bridgehead atoms. The lowest BCUT2D eigenvalue weighted by Gasteiger charge is -2.15. The van der Waals surface area contributed by atoms with E-state index in [0.717, 1.165) is 0 Å². The topological polar surface area (TPSA) is 108 Å². The van der Waals surface area contributed by atoms with E-state index in [-0.39, 0.29) is 27.2 Å². The highest BCUT2D eigenvalue weighted by atomic mass is 35.5. The Morgan fingerprint density at radius 1 is 0.970 bits per heavy atom. The predicted molar refractivity (Wildman–Crippen MR) is 126 cm³/mol. The maximum atomic E-state index is 12.9. The van der Waals surface area contributed by atoms with Crippen molar-refractivity contribution >= 4 is 46.3 Å². The molecule has 0 saturated carbocycles. The normalized spacial score (nSPS) is 11.7. The maximum absolute atomic E-state index is 12.9. The number of hydrogen-bond donors (Lipinski definition) is 1.